The van der Waals surface area contributed by atoms with Gasteiger partial charge in [-0.25, -0.2) is 4.79 Å². The number of epoxide rings is 1. The normalized spacial score (nSPS) is 28.3. The van der Waals surface area contributed by atoms with Crippen molar-refractivity contribution in [1.82, 2.24) is 10.6 Å². The molecular weight excluding hydrogens is 837 g/mol. The number of hydrogen-bond acceptors (Lipinski definition) is 10. The lowest BCUT2D eigenvalue weighted by Crippen LogP contribution is -2.45. The largest absolute Gasteiger partial charge is 0.460 e. The second-order valence-electron chi connectivity index (χ2n) is 20.7. The zero-order valence-corrected chi connectivity index (χ0v) is 39.2. The molecule has 0 spiro atoms. The Morgan fingerprint density at radius 3 is 2.27 bits per heavy atom. The van der Waals surface area contributed by atoms with Crippen LogP contribution in [0.25, 0.3) is 6.08 Å². The van der Waals surface area contributed by atoms with Gasteiger partial charge in [0.2, 0.25) is 17.6 Å². The molecule has 3 aromatic carbocycles. The number of rotatable bonds is 14. The fourth-order valence-corrected chi connectivity index (χ4v) is 10.6. The third kappa shape index (κ3) is 10.7. The number of hydrogen-bond donors (Lipinski definition) is 3. The minimum absolute atomic E-state index is 0.00546. The van der Waals surface area contributed by atoms with Gasteiger partial charge in [0.25, 0.3) is 0 Å². The molecule has 352 valence electrons. The van der Waals surface area contributed by atoms with E-state index in [1.807, 2.05) is 78.9 Å². The van der Waals surface area contributed by atoms with Crippen molar-refractivity contribution < 1.29 is 48.0 Å². The molecule has 2 heterocycles. The predicted molar refractivity (Wildman–Crippen MR) is 249 cm³/mol. The first-order valence-corrected chi connectivity index (χ1v) is 23.7. The number of allylic oxidation sites excluding steroid dienone is 1. The van der Waals surface area contributed by atoms with Crippen LogP contribution >= 0.6 is 0 Å². The molecule has 1 unspecified atom stereocenters. The van der Waals surface area contributed by atoms with Crippen molar-refractivity contribution in [2.75, 3.05) is 13.2 Å². The van der Waals surface area contributed by atoms with Gasteiger partial charge in [0, 0.05) is 42.5 Å². The van der Waals surface area contributed by atoms with E-state index in [0.717, 1.165) is 48.8 Å². The van der Waals surface area contributed by atoms with Crippen molar-refractivity contribution in [2.24, 2.45) is 17.3 Å². The maximum absolute atomic E-state index is 14.3. The lowest BCUT2D eigenvalue weighted by molar-refractivity contribution is -0.157. The van der Waals surface area contributed by atoms with Crippen LogP contribution in [0.15, 0.2) is 102 Å². The maximum Gasteiger partial charge on any atom is 0.338 e. The Balaban J connectivity index is 0.988. The third-order valence-corrected chi connectivity index (χ3v) is 14.1. The average Bonchev–Trinajstić information content (AvgIpc) is 3.74. The van der Waals surface area contributed by atoms with E-state index >= 15 is 0 Å². The summed E-state index contributed by atoms with van der Waals surface area (Å²) in [7, 11) is 0. The van der Waals surface area contributed by atoms with E-state index in [4.69, 9.17) is 23.7 Å². The molecule has 5 aliphatic rings. The minimum atomic E-state index is -1.37. The molecule has 2 aliphatic heterocycles. The Bertz CT molecular complexity index is 2280. The number of amides is 2. The zero-order chi connectivity index (χ0) is 46.9. The number of aliphatic hydroxyl groups excluding tert-OH is 1. The van der Waals surface area contributed by atoms with E-state index in [1.165, 1.54) is 5.57 Å². The predicted octanol–water partition coefficient (Wildman–Crippen LogP) is 8.11. The highest BCUT2D eigenvalue weighted by Crippen LogP contribution is 2.60. The number of esters is 2. The number of benzene rings is 3. The molecule has 0 bridgehead atoms. The summed E-state index contributed by atoms with van der Waals surface area (Å²) in [6, 6.07) is 26.1. The molecule has 3 N–H and O–H groups in total. The molecule has 12 nitrogen and oxygen atoms in total. The number of carbonyl (C=O) groups is 4. The van der Waals surface area contributed by atoms with Crippen molar-refractivity contribution in [1.29, 1.82) is 0 Å². The summed E-state index contributed by atoms with van der Waals surface area (Å²) >= 11 is 0. The van der Waals surface area contributed by atoms with Gasteiger partial charge in [-0.3, -0.25) is 14.4 Å². The topological polar surface area (TPSA) is 162 Å². The van der Waals surface area contributed by atoms with Gasteiger partial charge in [0.1, 0.15) is 23.9 Å². The first kappa shape index (κ1) is 47.4. The van der Waals surface area contributed by atoms with E-state index in [0.29, 0.717) is 29.1 Å². The summed E-state index contributed by atoms with van der Waals surface area (Å²) in [5.74, 6) is -2.08. The molecule has 8 atom stereocenters. The number of aliphatic hydroxyl groups is 1. The molecule has 2 saturated heterocycles. The Hall–Kier alpha value is -5.14. The SMILES string of the molecule is CC(C)(C)OC(=O)CC[C@@H](CO)NC(=O)CCNC(=O)C1=C[C@H]2OC(c3ccccc3)(c3ccccc3)O[C@H]2[C@H](OC(=O)c2cccc(C=C3CCC4O[C@]4(C)CC[C@@H]4[C@@H]3CC4(C)C)c2)C1. The summed E-state index contributed by atoms with van der Waals surface area (Å²) in [6.45, 7) is 12.0. The van der Waals surface area contributed by atoms with Gasteiger partial charge < -0.3 is 39.4 Å². The molecule has 2 saturated carbocycles. The van der Waals surface area contributed by atoms with Gasteiger partial charge in [-0.05, 0) is 107 Å². The molecule has 4 fully saturated rings. The van der Waals surface area contributed by atoms with E-state index in [2.05, 4.69) is 37.5 Å². The summed E-state index contributed by atoms with van der Waals surface area (Å²) in [5, 5.41) is 15.5. The molecule has 0 aromatic heterocycles. The lowest BCUT2D eigenvalue weighted by Gasteiger charge is -2.53. The quantitative estimate of drug-likeness (QED) is 0.107. The van der Waals surface area contributed by atoms with Crippen molar-refractivity contribution in [2.45, 2.75) is 147 Å². The van der Waals surface area contributed by atoms with Crippen LogP contribution in [-0.2, 0) is 43.9 Å². The van der Waals surface area contributed by atoms with Gasteiger partial charge in [-0.15, -0.1) is 0 Å². The highest BCUT2D eigenvalue weighted by atomic mass is 16.8. The molecule has 0 radical (unpaired) electrons. The first-order valence-electron chi connectivity index (χ1n) is 23.7. The van der Waals surface area contributed by atoms with Gasteiger partial charge >= 0.3 is 11.9 Å². The third-order valence-electron chi connectivity index (χ3n) is 14.1. The van der Waals surface area contributed by atoms with Crippen LogP contribution in [0.5, 0.6) is 0 Å². The van der Waals surface area contributed by atoms with Gasteiger partial charge in [0.15, 0.2) is 0 Å². The Kier molecular flexibility index (Phi) is 13.8. The van der Waals surface area contributed by atoms with E-state index < -0.39 is 59.5 Å². The van der Waals surface area contributed by atoms with Crippen molar-refractivity contribution in [3.8, 4) is 0 Å². The van der Waals surface area contributed by atoms with E-state index in [1.54, 1.807) is 32.9 Å². The van der Waals surface area contributed by atoms with Crippen LogP contribution in [0.2, 0.25) is 0 Å². The van der Waals surface area contributed by atoms with Gasteiger partial charge in [0.05, 0.1) is 29.9 Å². The van der Waals surface area contributed by atoms with Gasteiger partial charge in [-0.2, -0.15) is 0 Å². The second-order valence-corrected chi connectivity index (χ2v) is 20.7. The van der Waals surface area contributed by atoms with Crippen LogP contribution in [0, 0.1) is 17.3 Å². The average molecular weight is 903 g/mol. The van der Waals surface area contributed by atoms with Crippen molar-refractivity contribution >= 4 is 29.8 Å². The van der Waals surface area contributed by atoms with Crippen molar-refractivity contribution in [3.63, 3.8) is 0 Å². The number of nitrogens with one attached hydrogen (secondary N) is 2. The van der Waals surface area contributed by atoms with Crippen LogP contribution in [0.1, 0.15) is 126 Å². The first-order chi connectivity index (χ1) is 31.4. The maximum atomic E-state index is 14.3. The van der Waals surface area contributed by atoms with Crippen LogP contribution < -0.4 is 10.6 Å². The molecule has 2 amide bonds. The molecule has 12 heteroatoms. The summed E-state index contributed by atoms with van der Waals surface area (Å²) in [5.41, 5.74) is 4.19. The highest BCUT2D eigenvalue weighted by Gasteiger charge is 2.57. The highest BCUT2D eigenvalue weighted by molar-refractivity contribution is 5.94. The monoisotopic (exact) mass is 902 g/mol. The van der Waals surface area contributed by atoms with Crippen molar-refractivity contribution in [3.05, 3.63) is 124 Å². The van der Waals surface area contributed by atoms with E-state index in [-0.39, 0.29) is 49.9 Å². The summed E-state index contributed by atoms with van der Waals surface area (Å²) < 4.78 is 31.7. The molecule has 8 rings (SSSR count). The molecular formula is C54H66N2O10. The molecule has 3 aromatic rings. The van der Waals surface area contributed by atoms with E-state index in [9.17, 15) is 24.3 Å². The number of fused-ring (bicyclic) bond motifs is 3. The Labute approximate surface area is 388 Å². The standard InChI is InChI=1S/C54H66N2O10/c1-51(2,3)65-47(59)23-21-40(33-57)56-46(58)25-27-55-49(60)37-30-43(48-44(31-37)63-54(66-48,38-16-9-7-10-17-38)39-18-11-8-12-19-39)62-50(61)36-15-13-14-34(29-36)28-35-20-22-45-53(6,64-45)26-24-42-41(35)32-52(42,4)5/h7-19,28-29,31,40-45,48,57H,20-27,30,32-33H2,1-6H3,(H,55,60)(H,56,58)/t40-,41+,42+,43+,44+,45?,48-,53+/m0/s1. The Morgan fingerprint density at radius 1 is 0.894 bits per heavy atom. The summed E-state index contributed by atoms with van der Waals surface area (Å²) in [4.78, 5) is 53.3. The fraction of sp³-hybridized carbons (Fsp3) is 0.519. The molecule has 3 aliphatic carbocycles. The molecule has 66 heavy (non-hydrogen) atoms. The van der Waals surface area contributed by atoms with Gasteiger partial charge in [-0.1, -0.05) is 98.3 Å². The minimum Gasteiger partial charge on any atom is -0.460 e. The van der Waals surface area contributed by atoms with Crippen LogP contribution in [0.4, 0.5) is 0 Å². The smallest absolute Gasteiger partial charge is 0.338 e. The number of ether oxygens (including phenoxy) is 5. The lowest BCUT2D eigenvalue weighted by atomic mass is 9.52. The number of carbonyl (C=O) groups excluding carboxylic acids is 4. The fourth-order valence-electron chi connectivity index (χ4n) is 10.6. The zero-order valence-electron chi connectivity index (χ0n) is 39.2. The summed E-state index contributed by atoms with van der Waals surface area (Å²) in [6.07, 6.45) is 7.35. The van der Waals surface area contributed by atoms with Crippen LogP contribution in [-0.4, -0.2) is 83.7 Å². The second kappa shape index (κ2) is 19.2. The van der Waals surface area contributed by atoms with Crippen LogP contribution in [0.3, 0.4) is 0 Å². The Morgan fingerprint density at radius 2 is 1.61 bits per heavy atom.